The van der Waals surface area contributed by atoms with Gasteiger partial charge in [-0.05, 0) is 39.0 Å². The average molecular weight is 517 g/mol. The van der Waals surface area contributed by atoms with E-state index >= 15 is 0 Å². The fraction of sp³-hybridized carbons (Fsp3) is 0.208. The van der Waals surface area contributed by atoms with Gasteiger partial charge in [0.05, 0.1) is 27.5 Å². The first kappa shape index (κ1) is 25.1. The number of hydrogen-bond acceptors (Lipinski definition) is 5. The summed E-state index contributed by atoms with van der Waals surface area (Å²) in [6.07, 6.45) is -3.52. The number of benzene rings is 1. The zero-order chi connectivity index (χ0) is 26.2. The van der Waals surface area contributed by atoms with E-state index in [9.17, 15) is 22.8 Å². The van der Waals surface area contributed by atoms with E-state index in [0.29, 0.717) is 22.7 Å². The van der Waals surface area contributed by atoms with Gasteiger partial charge in [-0.2, -0.15) is 18.3 Å². The second kappa shape index (κ2) is 9.57. The topological polar surface area (TPSA) is 102 Å². The van der Waals surface area contributed by atoms with Crippen LogP contribution in [-0.2, 0) is 6.18 Å². The number of anilines is 1. The Kier molecular flexibility index (Phi) is 6.68. The molecule has 0 spiro atoms. The lowest BCUT2D eigenvalue weighted by atomic mass is 10.0. The molecule has 0 unspecified atom stereocenters. The highest BCUT2D eigenvalue weighted by atomic mass is 35.5. The van der Waals surface area contributed by atoms with Crippen molar-refractivity contribution in [3.63, 3.8) is 0 Å². The number of amides is 2. The van der Waals surface area contributed by atoms with Crippen LogP contribution in [-0.4, -0.2) is 37.6 Å². The molecule has 4 rings (SSSR count). The Bertz CT molecular complexity index is 1480. The number of hydrogen-bond donors (Lipinski definition) is 2. The van der Waals surface area contributed by atoms with Crippen LogP contribution in [0.2, 0.25) is 5.02 Å². The van der Waals surface area contributed by atoms with Gasteiger partial charge in [0, 0.05) is 23.7 Å². The zero-order valence-electron chi connectivity index (χ0n) is 19.3. The maximum absolute atomic E-state index is 13.5. The molecular weight excluding hydrogens is 497 g/mol. The van der Waals surface area contributed by atoms with Gasteiger partial charge in [-0.25, -0.2) is 9.67 Å². The molecule has 0 saturated carbocycles. The quantitative estimate of drug-likeness (QED) is 0.380. The van der Waals surface area contributed by atoms with Gasteiger partial charge in [0.15, 0.2) is 11.5 Å². The first-order chi connectivity index (χ1) is 17.0. The Labute approximate surface area is 208 Å². The van der Waals surface area contributed by atoms with Crippen LogP contribution in [0.25, 0.3) is 16.7 Å². The van der Waals surface area contributed by atoms with Crippen LogP contribution in [0.5, 0.6) is 0 Å². The lowest BCUT2D eigenvalue weighted by molar-refractivity contribution is -0.141. The predicted octanol–water partition coefficient (Wildman–Crippen LogP) is 5.19. The van der Waals surface area contributed by atoms with Gasteiger partial charge in [0.2, 0.25) is 0 Å². The third-order valence-corrected chi connectivity index (χ3v) is 5.43. The Hall–Kier alpha value is -3.99. The summed E-state index contributed by atoms with van der Waals surface area (Å²) in [6.45, 7) is 5.15. The second-order valence-electron chi connectivity index (χ2n) is 8.18. The Morgan fingerprint density at radius 2 is 1.81 bits per heavy atom. The minimum absolute atomic E-state index is 0.00872. The van der Waals surface area contributed by atoms with E-state index in [-0.39, 0.29) is 28.1 Å². The van der Waals surface area contributed by atoms with Crippen molar-refractivity contribution < 1.29 is 22.8 Å². The molecule has 36 heavy (non-hydrogen) atoms. The number of nitrogens with zero attached hydrogens (tertiary/aromatic N) is 4. The fourth-order valence-electron chi connectivity index (χ4n) is 3.63. The molecule has 0 atom stereocenters. The van der Waals surface area contributed by atoms with Crippen LogP contribution in [0.15, 0.2) is 48.7 Å². The number of rotatable bonds is 5. The summed E-state index contributed by atoms with van der Waals surface area (Å²) in [5.41, 5.74) is -0.758. The number of para-hydroxylation sites is 1. The molecule has 3 aromatic heterocycles. The van der Waals surface area contributed by atoms with E-state index in [1.54, 1.807) is 45.0 Å². The number of aryl methyl sites for hydroxylation is 1. The largest absolute Gasteiger partial charge is 0.435 e. The number of halogens is 4. The zero-order valence-corrected chi connectivity index (χ0v) is 20.1. The molecule has 0 fully saturated rings. The molecule has 0 aliphatic heterocycles. The molecule has 8 nitrogen and oxygen atoms in total. The van der Waals surface area contributed by atoms with Crippen LogP contribution in [0.3, 0.4) is 0 Å². The Morgan fingerprint density at radius 1 is 1.08 bits per heavy atom. The third-order valence-electron chi connectivity index (χ3n) is 5.13. The number of fused-ring (bicyclic) bond motifs is 1. The molecule has 12 heteroatoms. The van der Waals surface area contributed by atoms with E-state index in [2.05, 4.69) is 25.7 Å². The van der Waals surface area contributed by atoms with E-state index in [1.807, 2.05) is 0 Å². The Balaban J connectivity index is 1.89. The normalized spacial score (nSPS) is 11.7. The number of carbonyl (C=O) groups excluding carboxylic acids is 2. The van der Waals surface area contributed by atoms with Crippen LogP contribution >= 0.6 is 11.6 Å². The predicted molar refractivity (Wildman–Crippen MR) is 128 cm³/mol. The van der Waals surface area contributed by atoms with Crippen molar-refractivity contribution in [3.8, 4) is 5.82 Å². The van der Waals surface area contributed by atoms with Gasteiger partial charge in [-0.1, -0.05) is 29.8 Å². The first-order valence-corrected chi connectivity index (χ1v) is 11.1. The summed E-state index contributed by atoms with van der Waals surface area (Å²) in [6, 6.07) is 10.1. The monoisotopic (exact) mass is 516 g/mol. The molecule has 4 aromatic rings. The lowest BCUT2D eigenvalue weighted by Crippen LogP contribution is -2.32. The van der Waals surface area contributed by atoms with Gasteiger partial charge in [-0.15, -0.1) is 0 Å². The van der Waals surface area contributed by atoms with E-state index in [4.69, 9.17) is 11.6 Å². The summed E-state index contributed by atoms with van der Waals surface area (Å²) in [5.74, 6) is -1.60. The minimum atomic E-state index is -4.83. The first-order valence-electron chi connectivity index (χ1n) is 10.8. The van der Waals surface area contributed by atoms with Crippen molar-refractivity contribution in [2.24, 2.45) is 0 Å². The van der Waals surface area contributed by atoms with Gasteiger partial charge >= 0.3 is 6.18 Å². The summed E-state index contributed by atoms with van der Waals surface area (Å²) in [7, 11) is 0. The van der Waals surface area contributed by atoms with Crippen molar-refractivity contribution >= 4 is 40.0 Å². The summed E-state index contributed by atoms with van der Waals surface area (Å²) >= 11 is 6.14. The van der Waals surface area contributed by atoms with Crippen LogP contribution in [0.4, 0.5) is 18.9 Å². The summed E-state index contributed by atoms with van der Waals surface area (Å²) in [4.78, 5) is 34.9. The summed E-state index contributed by atoms with van der Waals surface area (Å²) in [5, 5.41) is 9.35. The molecular formula is C24H20ClF3N6O2. The lowest BCUT2D eigenvalue weighted by Gasteiger charge is -2.17. The molecule has 2 N–H and O–H groups in total. The third kappa shape index (κ3) is 4.87. The number of aromatic nitrogens is 4. The standard InChI is InChI=1S/C24H20ClF3N6O2/c1-12(2)30-23(36)19-13(3)31-16-9-5-4-7-14(16)20(19)32-22(35)17-11-18(24(26,27)28)33-34(17)21-15(25)8-6-10-29-21/h4-12H,1-3H3,(H,30,36)(H,31,32,35). The highest BCUT2D eigenvalue weighted by Crippen LogP contribution is 2.32. The second-order valence-corrected chi connectivity index (χ2v) is 8.59. The van der Waals surface area contributed by atoms with E-state index in [1.165, 1.54) is 18.3 Å². The highest BCUT2D eigenvalue weighted by Gasteiger charge is 2.37. The van der Waals surface area contributed by atoms with E-state index < -0.39 is 29.4 Å². The molecule has 0 radical (unpaired) electrons. The van der Waals surface area contributed by atoms with Crippen molar-refractivity contribution in [3.05, 3.63) is 76.3 Å². The number of nitrogens with one attached hydrogen (secondary N) is 2. The maximum atomic E-state index is 13.5. The van der Waals surface area contributed by atoms with Crippen molar-refractivity contribution in [1.82, 2.24) is 25.1 Å². The van der Waals surface area contributed by atoms with Gasteiger partial charge in [0.25, 0.3) is 11.8 Å². The van der Waals surface area contributed by atoms with Crippen LogP contribution < -0.4 is 10.6 Å². The Morgan fingerprint density at radius 3 is 2.47 bits per heavy atom. The molecule has 0 aliphatic carbocycles. The molecule has 0 bridgehead atoms. The molecule has 186 valence electrons. The highest BCUT2D eigenvalue weighted by molar-refractivity contribution is 6.32. The average Bonchev–Trinajstić information content (AvgIpc) is 3.25. The summed E-state index contributed by atoms with van der Waals surface area (Å²) < 4.78 is 41.3. The fourth-order valence-corrected chi connectivity index (χ4v) is 3.83. The number of carbonyl (C=O) groups is 2. The van der Waals surface area contributed by atoms with Crippen LogP contribution in [0.1, 0.15) is 46.1 Å². The number of pyridine rings is 2. The SMILES string of the molecule is Cc1nc2ccccc2c(NC(=O)c2cc(C(F)(F)F)nn2-c2ncccc2Cl)c1C(=O)NC(C)C. The molecule has 0 saturated heterocycles. The van der Waals surface area contributed by atoms with Gasteiger partial charge < -0.3 is 10.6 Å². The van der Waals surface area contributed by atoms with Crippen molar-refractivity contribution in [2.75, 3.05) is 5.32 Å². The van der Waals surface area contributed by atoms with Crippen molar-refractivity contribution in [1.29, 1.82) is 0 Å². The van der Waals surface area contributed by atoms with E-state index in [0.717, 1.165) is 4.68 Å². The number of alkyl halides is 3. The molecule has 1 aromatic carbocycles. The van der Waals surface area contributed by atoms with Crippen LogP contribution in [0, 0.1) is 6.92 Å². The van der Waals surface area contributed by atoms with Gasteiger partial charge in [-0.3, -0.25) is 14.6 Å². The minimum Gasteiger partial charge on any atom is -0.350 e. The smallest absolute Gasteiger partial charge is 0.350 e. The maximum Gasteiger partial charge on any atom is 0.435 e. The van der Waals surface area contributed by atoms with Gasteiger partial charge in [0.1, 0.15) is 5.69 Å². The van der Waals surface area contributed by atoms with Crippen molar-refractivity contribution in [2.45, 2.75) is 33.0 Å². The molecule has 3 heterocycles. The molecule has 2 amide bonds. The molecule has 0 aliphatic rings.